The average Bonchev–Trinajstić information content (AvgIpc) is 3.39. The van der Waals surface area contributed by atoms with Gasteiger partial charge in [0.05, 0.1) is 17.9 Å². The molecule has 140 valence electrons. The van der Waals surface area contributed by atoms with Crippen LogP contribution in [0.2, 0.25) is 0 Å². The molecule has 1 aromatic carbocycles. The lowest BCUT2D eigenvalue weighted by atomic mass is 10.1. The molecule has 8 nitrogen and oxygen atoms in total. The van der Waals surface area contributed by atoms with Crippen LogP contribution in [0.4, 0.5) is 0 Å². The number of carbonyl (C=O) groups is 1. The summed E-state index contributed by atoms with van der Waals surface area (Å²) >= 11 is 0. The first-order chi connectivity index (χ1) is 13.6. The van der Waals surface area contributed by atoms with Gasteiger partial charge < -0.3 is 5.32 Å². The van der Waals surface area contributed by atoms with E-state index in [4.69, 9.17) is 0 Å². The van der Waals surface area contributed by atoms with Crippen molar-refractivity contribution in [2.75, 3.05) is 0 Å². The molecule has 0 aliphatic carbocycles. The number of aromatic nitrogens is 6. The van der Waals surface area contributed by atoms with Gasteiger partial charge in [0.25, 0.3) is 5.91 Å². The van der Waals surface area contributed by atoms with Crippen LogP contribution in [0.1, 0.15) is 34.6 Å². The lowest BCUT2D eigenvalue weighted by Crippen LogP contribution is -2.27. The molecule has 0 saturated carbocycles. The van der Waals surface area contributed by atoms with Gasteiger partial charge in [-0.1, -0.05) is 18.2 Å². The molecule has 0 aliphatic heterocycles. The Hall–Kier alpha value is -3.81. The van der Waals surface area contributed by atoms with Crippen molar-refractivity contribution in [1.29, 1.82) is 0 Å². The van der Waals surface area contributed by atoms with Crippen molar-refractivity contribution in [2.24, 2.45) is 0 Å². The first kappa shape index (κ1) is 17.6. The SMILES string of the molecule is Cc1c(C(C)NC(=O)c2ccnc(-n3cnnc3)c2)cnn1-c1ccccc1. The number of hydrogen-bond acceptors (Lipinski definition) is 5. The first-order valence-corrected chi connectivity index (χ1v) is 8.85. The minimum atomic E-state index is -0.198. The van der Waals surface area contributed by atoms with Gasteiger partial charge in [0.2, 0.25) is 0 Å². The summed E-state index contributed by atoms with van der Waals surface area (Å²) in [5.41, 5.74) is 3.44. The second-order valence-electron chi connectivity index (χ2n) is 6.40. The van der Waals surface area contributed by atoms with Gasteiger partial charge in [-0.25, -0.2) is 9.67 Å². The predicted octanol–water partition coefficient (Wildman–Crippen LogP) is 2.65. The van der Waals surface area contributed by atoms with Crippen molar-refractivity contribution < 1.29 is 4.79 Å². The van der Waals surface area contributed by atoms with Crippen LogP contribution in [0.5, 0.6) is 0 Å². The van der Waals surface area contributed by atoms with E-state index >= 15 is 0 Å². The Balaban J connectivity index is 1.53. The summed E-state index contributed by atoms with van der Waals surface area (Å²) in [6.07, 6.45) is 6.46. The Bertz CT molecular complexity index is 1090. The van der Waals surface area contributed by atoms with Crippen LogP contribution in [0, 0.1) is 6.92 Å². The molecule has 0 aliphatic rings. The van der Waals surface area contributed by atoms with E-state index in [9.17, 15) is 4.79 Å². The molecular weight excluding hydrogens is 354 g/mol. The van der Waals surface area contributed by atoms with Crippen LogP contribution in [-0.2, 0) is 0 Å². The highest BCUT2D eigenvalue weighted by molar-refractivity contribution is 5.94. The maximum atomic E-state index is 12.7. The molecule has 8 heteroatoms. The highest BCUT2D eigenvalue weighted by Gasteiger charge is 2.17. The number of pyridine rings is 1. The molecule has 1 atom stereocenters. The zero-order chi connectivity index (χ0) is 19.5. The van der Waals surface area contributed by atoms with E-state index in [1.54, 1.807) is 29.1 Å². The van der Waals surface area contributed by atoms with E-state index in [2.05, 4.69) is 25.6 Å². The number of benzene rings is 1. The van der Waals surface area contributed by atoms with Crippen LogP contribution in [0.25, 0.3) is 11.5 Å². The molecule has 4 rings (SSSR count). The topological polar surface area (TPSA) is 90.5 Å². The zero-order valence-corrected chi connectivity index (χ0v) is 15.5. The van der Waals surface area contributed by atoms with E-state index in [0.717, 1.165) is 16.9 Å². The molecule has 3 heterocycles. The van der Waals surface area contributed by atoms with Gasteiger partial charge in [-0.05, 0) is 38.1 Å². The maximum absolute atomic E-state index is 12.7. The van der Waals surface area contributed by atoms with E-state index < -0.39 is 0 Å². The summed E-state index contributed by atoms with van der Waals surface area (Å²) in [4.78, 5) is 17.0. The largest absolute Gasteiger partial charge is 0.345 e. The van der Waals surface area contributed by atoms with E-state index in [0.29, 0.717) is 11.4 Å². The molecule has 0 radical (unpaired) electrons. The summed E-state index contributed by atoms with van der Waals surface area (Å²) in [5, 5.41) is 15.0. The average molecular weight is 373 g/mol. The summed E-state index contributed by atoms with van der Waals surface area (Å²) < 4.78 is 3.52. The van der Waals surface area contributed by atoms with Crippen LogP contribution in [0.3, 0.4) is 0 Å². The highest BCUT2D eigenvalue weighted by atomic mass is 16.1. The molecule has 0 fully saturated rings. The lowest BCUT2D eigenvalue weighted by molar-refractivity contribution is 0.0939. The van der Waals surface area contributed by atoms with Gasteiger partial charge in [-0.15, -0.1) is 10.2 Å². The Morgan fingerprint density at radius 1 is 1.11 bits per heavy atom. The minimum absolute atomic E-state index is 0.184. The van der Waals surface area contributed by atoms with Crippen molar-refractivity contribution in [1.82, 2.24) is 34.8 Å². The third-order valence-electron chi connectivity index (χ3n) is 4.55. The standard InChI is InChI=1S/C20H19N7O/c1-14(18-11-24-27(15(18)2)17-6-4-3-5-7-17)25-20(28)16-8-9-21-19(10-16)26-12-22-23-13-26/h3-14H,1-2H3,(H,25,28). The van der Waals surface area contributed by atoms with Crippen LogP contribution in [-0.4, -0.2) is 35.4 Å². The molecule has 0 bridgehead atoms. The fourth-order valence-corrected chi connectivity index (χ4v) is 3.05. The van der Waals surface area contributed by atoms with E-state index in [1.807, 2.05) is 48.9 Å². The fourth-order valence-electron chi connectivity index (χ4n) is 3.05. The minimum Gasteiger partial charge on any atom is -0.345 e. The van der Waals surface area contributed by atoms with Crippen molar-refractivity contribution >= 4 is 5.91 Å². The first-order valence-electron chi connectivity index (χ1n) is 8.85. The van der Waals surface area contributed by atoms with Crippen LogP contribution < -0.4 is 5.32 Å². The van der Waals surface area contributed by atoms with Gasteiger partial charge in [-0.3, -0.25) is 9.36 Å². The van der Waals surface area contributed by atoms with Crippen molar-refractivity contribution in [2.45, 2.75) is 19.9 Å². The number of rotatable bonds is 5. The highest BCUT2D eigenvalue weighted by Crippen LogP contribution is 2.20. The van der Waals surface area contributed by atoms with Crippen molar-refractivity contribution in [3.8, 4) is 11.5 Å². The van der Waals surface area contributed by atoms with Crippen molar-refractivity contribution in [3.05, 3.63) is 84.3 Å². The monoisotopic (exact) mass is 373 g/mol. The van der Waals surface area contributed by atoms with Crippen LogP contribution >= 0.6 is 0 Å². The van der Waals surface area contributed by atoms with Gasteiger partial charge in [0, 0.05) is 23.0 Å². The van der Waals surface area contributed by atoms with E-state index in [1.165, 1.54) is 12.7 Å². The summed E-state index contributed by atoms with van der Waals surface area (Å²) in [6, 6.07) is 13.1. The Kier molecular flexibility index (Phi) is 4.67. The molecule has 1 amide bonds. The third kappa shape index (κ3) is 3.39. The Morgan fingerprint density at radius 2 is 1.86 bits per heavy atom. The molecule has 3 aromatic heterocycles. The second kappa shape index (κ2) is 7.43. The molecular formula is C20H19N7O. The van der Waals surface area contributed by atoms with Gasteiger partial charge >= 0.3 is 0 Å². The number of hydrogen-bond donors (Lipinski definition) is 1. The summed E-state index contributed by atoms with van der Waals surface area (Å²) in [7, 11) is 0. The molecule has 1 N–H and O–H groups in total. The third-order valence-corrected chi connectivity index (χ3v) is 4.55. The molecule has 0 spiro atoms. The van der Waals surface area contributed by atoms with Crippen molar-refractivity contribution in [3.63, 3.8) is 0 Å². The lowest BCUT2D eigenvalue weighted by Gasteiger charge is -2.14. The summed E-state index contributed by atoms with van der Waals surface area (Å²) in [6.45, 7) is 3.94. The number of nitrogens with zero attached hydrogens (tertiary/aromatic N) is 6. The number of para-hydroxylation sites is 1. The van der Waals surface area contributed by atoms with Gasteiger partial charge in [-0.2, -0.15) is 5.10 Å². The summed E-state index contributed by atoms with van der Waals surface area (Å²) in [5.74, 6) is 0.398. The normalized spacial score (nSPS) is 11.9. The fraction of sp³-hybridized carbons (Fsp3) is 0.150. The van der Waals surface area contributed by atoms with Gasteiger partial charge in [0.15, 0.2) is 0 Å². The van der Waals surface area contributed by atoms with Gasteiger partial charge in [0.1, 0.15) is 18.5 Å². The van der Waals surface area contributed by atoms with Crippen LogP contribution in [0.15, 0.2) is 67.5 Å². The number of amides is 1. The second-order valence-corrected chi connectivity index (χ2v) is 6.40. The Labute approximate surface area is 161 Å². The molecule has 1 unspecified atom stereocenters. The van der Waals surface area contributed by atoms with E-state index in [-0.39, 0.29) is 11.9 Å². The predicted molar refractivity (Wildman–Crippen MR) is 103 cm³/mol. The Morgan fingerprint density at radius 3 is 2.61 bits per heavy atom. The quantitative estimate of drug-likeness (QED) is 0.581. The zero-order valence-electron chi connectivity index (χ0n) is 15.5. The molecule has 4 aromatic rings. The number of carbonyl (C=O) groups excluding carboxylic acids is 1. The maximum Gasteiger partial charge on any atom is 0.251 e. The number of nitrogens with one attached hydrogen (secondary N) is 1. The molecule has 28 heavy (non-hydrogen) atoms. The smallest absolute Gasteiger partial charge is 0.251 e. The molecule has 0 saturated heterocycles.